The second-order valence-corrected chi connectivity index (χ2v) is 5.43. The molecule has 1 aromatic rings. The van der Waals surface area contributed by atoms with Crippen LogP contribution in [-0.4, -0.2) is 30.0 Å². The molecule has 0 unspecified atom stereocenters. The zero-order valence-corrected chi connectivity index (χ0v) is 12.0. The summed E-state index contributed by atoms with van der Waals surface area (Å²) in [4.78, 5) is 18.2. The summed E-state index contributed by atoms with van der Waals surface area (Å²) in [7, 11) is 0. The van der Waals surface area contributed by atoms with Gasteiger partial charge < -0.3 is 10.2 Å². The summed E-state index contributed by atoms with van der Waals surface area (Å²) in [6, 6.07) is 4.11. The Hall–Kier alpha value is -2.09. The fourth-order valence-electron chi connectivity index (χ4n) is 2.52. The maximum atomic E-state index is 12.0. The topological polar surface area (TPSA) is 69.0 Å². The third-order valence-corrected chi connectivity index (χ3v) is 3.56. The lowest BCUT2D eigenvalue weighted by atomic mass is 9.95. The number of pyridine rings is 1. The Morgan fingerprint density at radius 2 is 2.20 bits per heavy atom. The Morgan fingerprint density at radius 1 is 1.50 bits per heavy atom. The van der Waals surface area contributed by atoms with Crippen LogP contribution in [0.15, 0.2) is 18.5 Å². The predicted octanol–water partition coefficient (Wildman–Crippen LogP) is 1.69. The Labute approximate surface area is 119 Å². The molecular formula is C15H20N4O. The van der Waals surface area contributed by atoms with Crippen molar-refractivity contribution in [3.8, 4) is 6.07 Å². The van der Waals surface area contributed by atoms with Crippen LogP contribution >= 0.6 is 0 Å². The van der Waals surface area contributed by atoms with E-state index in [1.165, 1.54) is 0 Å². The molecule has 1 N–H and O–H groups in total. The number of nitrogens with zero attached hydrogens (tertiary/aromatic N) is 3. The Balaban J connectivity index is 1.98. The lowest BCUT2D eigenvalue weighted by Gasteiger charge is -2.33. The summed E-state index contributed by atoms with van der Waals surface area (Å²) in [6.45, 7) is 5.52. The molecule has 0 aromatic carbocycles. The highest BCUT2D eigenvalue weighted by Crippen LogP contribution is 2.25. The van der Waals surface area contributed by atoms with Crippen molar-refractivity contribution in [1.29, 1.82) is 5.26 Å². The van der Waals surface area contributed by atoms with Crippen LogP contribution in [0.1, 0.15) is 32.3 Å². The van der Waals surface area contributed by atoms with Gasteiger partial charge in [0.2, 0.25) is 5.91 Å². The molecule has 2 rings (SSSR count). The lowest BCUT2D eigenvalue weighted by Crippen LogP contribution is -2.42. The van der Waals surface area contributed by atoms with Crippen LogP contribution in [0.2, 0.25) is 0 Å². The first-order valence-corrected chi connectivity index (χ1v) is 7.01. The number of carbonyl (C=O) groups excluding carboxylic acids is 1. The molecule has 1 aromatic heterocycles. The second-order valence-electron chi connectivity index (χ2n) is 5.43. The normalized spacial score (nSPS) is 16.0. The standard InChI is InChI=1S/C15H20N4O/c1-11(2)18-15(20)12-4-7-19(8-5-12)14-10-17-6-3-13(14)9-16/h3,6,10-12H,4-5,7-8H2,1-2H3,(H,18,20). The van der Waals surface area contributed by atoms with Crippen LogP contribution in [-0.2, 0) is 4.79 Å². The number of nitrogens with one attached hydrogen (secondary N) is 1. The average molecular weight is 272 g/mol. The Morgan fingerprint density at radius 3 is 2.80 bits per heavy atom. The fraction of sp³-hybridized carbons (Fsp3) is 0.533. The first-order chi connectivity index (χ1) is 9.61. The molecule has 106 valence electrons. The van der Waals surface area contributed by atoms with E-state index in [2.05, 4.69) is 21.3 Å². The highest BCUT2D eigenvalue weighted by atomic mass is 16.1. The fourth-order valence-corrected chi connectivity index (χ4v) is 2.52. The van der Waals surface area contributed by atoms with Gasteiger partial charge in [0, 0.05) is 31.2 Å². The first-order valence-electron chi connectivity index (χ1n) is 7.01. The van der Waals surface area contributed by atoms with Crippen molar-refractivity contribution in [3.63, 3.8) is 0 Å². The van der Waals surface area contributed by atoms with Crippen molar-refractivity contribution in [1.82, 2.24) is 10.3 Å². The van der Waals surface area contributed by atoms with Gasteiger partial charge in [-0.3, -0.25) is 9.78 Å². The van der Waals surface area contributed by atoms with Crippen molar-refractivity contribution in [3.05, 3.63) is 24.0 Å². The quantitative estimate of drug-likeness (QED) is 0.909. The van der Waals surface area contributed by atoms with E-state index in [9.17, 15) is 4.79 Å². The highest BCUT2D eigenvalue weighted by molar-refractivity contribution is 5.79. The van der Waals surface area contributed by atoms with Crippen LogP contribution in [0.3, 0.4) is 0 Å². The minimum Gasteiger partial charge on any atom is -0.369 e. The highest BCUT2D eigenvalue weighted by Gasteiger charge is 2.26. The number of aromatic nitrogens is 1. The molecule has 0 aliphatic carbocycles. The number of piperidine rings is 1. The molecule has 0 atom stereocenters. The molecule has 20 heavy (non-hydrogen) atoms. The molecule has 5 nitrogen and oxygen atoms in total. The zero-order chi connectivity index (χ0) is 14.5. The van der Waals surface area contributed by atoms with Gasteiger partial charge in [-0.05, 0) is 32.8 Å². The van der Waals surface area contributed by atoms with Crippen molar-refractivity contribution in [2.24, 2.45) is 5.92 Å². The molecule has 0 radical (unpaired) electrons. The average Bonchev–Trinajstić information content (AvgIpc) is 2.46. The first kappa shape index (κ1) is 14.3. The van der Waals surface area contributed by atoms with E-state index < -0.39 is 0 Å². The number of amides is 1. The van der Waals surface area contributed by atoms with Gasteiger partial charge in [0.1, 0.15) is 6.07 Å². The van der Waals surface area contributed by atoms with E-state index in [4.69, 9.17) is 5.26 Å². The third-order valence-electron chi connectivity index (χ3n) is 3.56. The maximum Gasteiger partial charge on any atom is 0.223 e. The van der Waals surface area contributed by atoms with E-state index >= 15 is 0 Å². The van der Waals surface area contributed by atoms with Gasteiger partial charge >= 0.3 is 0 Å². The van der Waals surface area contributed by atoms with Crippen molar-refractivity contribution in [2.75, 3.05) is 18.0 Å². The summed E-state index contributed by atoms with van der Waals surface area (Å²) >= 11 is 0. The number of rotatable bonds is 3. The molecule has 2 heterocycles. The smallest absolute Gasteiger partial charge is 0.223 e. The second kappa shape index (κ2) is 6.38. The van der Waals surface area contributed by atoms with Gasteiger partial charge in [0.15, 0.2) is 0 Å². The number of nitriles is 1. The van der Waals surface area contributed by atoms with Crippen molar-refractivity contribution < 1.29 is 4.79 Å². The van der Waals surface area contributed by atoms with Crippen LogP contribution < -0.4 is 10.2 Å². The Bertz CT molecular complexity index is 513. The molecule has 0 spiro atoms. The van der Waals surface area contributed by atoms with Crippen LogP contribution in [0, 0.1) is 17.2 Å². The van der Waals surface area contributed by atoms with Gasteiger partial charge in [0.05, 0.1) is 17.4 Å². The van der Waals surface area contributed by atoms with E-state index in [0.29, 0.717) is 5.56 Å². The molecule has 5 heteroatoms. The maximum absolute atomic E-state index is 12.0. The van der Waals surface area contributed by atoms with E-state index in [1.807, 2.05) is 13.8 Å². The lowest BCUT2D eigenvalue weighted by molar-refractivity contribution is -0.126. The number of anilines is 1. The molecule has 1 aliphatic rings. The van der Waals surface area contributed by atoms with Gasteiger partial charge in [0.25, 0.3) is 0 Å². The van der Waals surface area contributed by atoms with Gasteiger partial charge in [-0.2, -0.15) is 5.26 Å². The summed E-state index contributed by atoms with van der Waals surface area (Å²) in [5, 5.41) is 12.1. The monoisotopic (exact) mass is 272 g/mol. The van der Waals surface area contributed by atoms with E-state index in [-0.39, 0.29) is 17.9 Å². The summed E-state index contributed by atoms with van der Waals surface area (Å²) < 4.78 is 0. The SMILES string of the molecule is CC(C)NC(=O)C1CCN(c2cnccc2C#N)CC1. The minimum absolute atomic E-state index is 0.0795. The van der Waals surface area contributed by atoms with E-state index in [1.54, 1.807) is 18.5 Å². The zero-order valence-electron chi connectivity index (χ0n) is 12.0. The predicted molar refractivity (Wildman–Crippen MR) is 77.2 cm³/mol. The molecule has 1 amide bonds. The number of hydrogen-bond acceptors (Lipinski definition) is 4. The summed E-state index contributed by atoms with van der Waals surface area (Å²) in [6.07, 6.45) is 4.99. The molecular weight excluding hydrogens is 252 g/mol. The largest absolute Gasteiger partial charge is 0.369 e. The Kier molecular flexibility index (Phi) is 4.57. The molecule has 1 aliphatic heterocycles. The van der Waals surface area contributed by atoms with Gasteiger partial charge in [-0.15, -0.1) is 0 Å². The molecule has 0 bridgehead atoms. The number of carbonyl (C=O) groups is 1. The minimum atomic E-state index is 0.0795. The third kappa shape index (κ3) is 3.27. The van der Waals surface area contributed by atoms with Crippen molar-refractivity contribution in [2.45, 2.75) is 32.7 Å². The van der Waals surface area contributed by atoms with Crippen LogP contribution in [0.25, 0.3) is 0 Å². The summed E-state index contributed by atoms with van der Waals surface area (Å²) in [5.41, 5.74) is 1.52. The summed E-state index contributed by atoms with van der Waals surface area (Å²) in [5.74, 6) is 0.224. The van der Waals surface area contributed by atoms with Crippen LogP contribution in [0.5, 0.6) is 0 Å². The number of hydrogen-bond donors (Lipinski definition) is 1. The van der Waals surface area contributed by atoms with Crippen molar-refractivity contribution >= 4 is 11.6 Å². The molecule has 1 fully saturated rings. The molecule has 0 saturated carbocycles. The van der Waals surface area contributed by atoms with Gasteiger partial charge in [-0.25, -0.2) is 0 Å². The van der Waals surface area contributed by atoms with Gasteiger partial charge in [-0.1, -0.05) is 0 Å². The van der Waals surface area contributed by atoms with Crippen LogP contribution in [0.4, 0.5) is 5.69 Å². The van der Waals surface area contributed by atoms with E-state index in [0.717, 1.165) is 31.6 Å². The molecule has 1 saturated heterocycles.